The molecule has 4 rings (SSSR count). The summed E-state index contributed by atoms with van der Waals surface area (Å²) in [6.07, 6.45) is -0.00460. The van der Waals surface area contributed by atoms with Gasteiger partial charge in [0.15, 0.2) is 11.6 Å². The zero-order valence-electron chi connectivity index (χ0n) is 14.2. The molecule has 1 aromatic carbocycles. The third kappa shape index (κ3) is 3.31. The van der Waals surface area contributed by atoms with Gasteiger partial charge in [0.2, 0.25) is 0 Å². The number of halogens is 4. The molecule has 28 heavy (non-hydrogen) atoms. The number of benzene rings is 1. The topological polar surface area (TPSA) is 76.8 Å². The molecule has 2 aromatic heterocycles. The van der Waals surface area contributed by atoms with Crippen LogP contribution in [-0.4, -0.2) is 42.1 Å². The Morgan fingerprint density at radius 2 is 1.96 bits per heavy atom. The number of alkyl halides is 3. The van der Waals surface area contributed by atoms with Crippen LogP contribution in [0.1, 0.15) is 21.7 Å². The number of nitrogens with zero attached hydrogens (tertiary/aromatic N) is 6. The van der Waals surface area contributed by atoms with Gasteiger partial charge in [-0.15, -0.1) is 10.2 Å². The standard InChI is InChI=1S/C17H12ClF3N6O/c18-12-2-1-10(7-11(12)17(19,20)21)16(28)26-5-6-27-14(9-26)24-25-15(27)13-8-22-3-4-23-13/h1-4,7-8H,5-6,9H2. The predicted octanol–water partition coefficient (Wildman–Crippen LogP) is 3.06. The average molecular weight is 409 g/mol. The molecule has 11 heteroatoms. The highest BCUT2D eigenvalue weighted by atomic mass is 35.5. The van der Waals surface area contributed by atoms with E-state index in [1.165, 1.54) is 17.2 Å². The molecule has 1 amide bonds. The first-order chi connectivity index (χ1) is 13.3. The molecule has 3 aromatic rings. The number of carbonyl (C=O) groups is 1. The summed E-state index contributed by atoms with van der Waals surface area (Å²) in [5.41, 5.74) is -0.572. The van der Waals surface area contributed by atoms with Crippen molar-refractivity contribution in [2.45, 2.75) is 19.3 Å². The van der Waals surface area contributed by atoms with Gasteiger partial charge in [-0.05, 0) is 18.2 Å². The van der Waals surface area contributed by atoms with Crippen molar-refractivity contribution in [3.8, 4) is 11.5 Å². The Morgan fingerprint density at radius 3 is 2.68 bits per heavy atom. The molecule has 0 saturated carbocycles. The monoisotopic (exact) mass is 408 g/mol. The van der Waals surface area contributed by atoms with Gasteiger partial charge in [0, 0.05) is 31.0 Å². The maximum Gasteiger partial charge on any atom is 0.417 e. The Labute approximate surface area is 161 Å². The summed E-state index contributed by atoms with van der Waals surface area (Å²) in [6.45, 7) is 0.802. The van der Waals surface area contributed by atoms with E-state index in [9.17, 15) is 18.0 Å². The molecule has 0 atom stereocenters. The first-order valence-electron chi connectivity index (χ1n) is 8.19. The summed E-state index contributed by atoms with van der Waals surface area (Å²) in [5.74, 6) is 0.517. The van der Waals surface area contributed by atoms with Crippen LogP contribution < -0.4 is 0 Å². The third-order valence-electron chi connectivity index (χ3n) is 4.35. The van der Waals surface area contributed by atoms with Crippen LogP contribution >= 0.6 is 11.6 Å². The van der Waals surface area contributed by atoms with Gasteiger partial charge in [0.1, 0.15) is 5.69 Å². The van der Waals surface area contributed by atoms with Crippen LogP contribution in [0, 0.1) is 0 Å². The van der Waals surface area contributed by atoms with Crippen molar-refractivity contribution in [1.29, 1.82) is 0 Å². The average Bonchev–Trinajstić information content (AvgIpc) is 3.11. The number of carbonyl (C=O) groups excluding carboxylic acids is 1. The van der Waals surface area contributed by atoms with Gasteiger partial charge < -0.3 is 9.47 Å². The summed E-state index contributed by atoms with van der Waals surface area (Å²) in [6, 6.07) is 3.13. The molecular formula is C17H12ClF3N6O. The number of fused-ring (bicyclic) bond motifs is 1. The van der Waals surface area contributed by atoms with E-state index in [0.29, 0.717) is 30.4 Å². The first-order valence-corrected chi connectivity index (χ1v) is 8.57. The molecule has 0 N–H and O–H groups in total. The van der Waals surface area contributed by atoms with E-state index >= 15 is 0 Å². The normalized spacial score (nSPS) is 14.1. The second kappa shape index (κ2) is 6.86. The van der Waals surface area contributed by atoms with Crippen LogP contribution in [0.5, 0.6) is 0 Å². The van der Waals surface area contributed by atoms with E-state index in [0.717, 1.165) is 12.1 Å². The van der Waals surface area contributed by atoms with E-state index in [4.69, 9.17) is 11.6 Å². The first kappa shape index (κ1) is 18.4. The fourth-order valence-corrected chi connectivity index (χ4v) is 3.22. The highest BCUT2D eigenvalue weighted by Gasteiger charge is 2.34. The Bertz CT molecular complexity index is 1040. The Morgan fingerprint density at radius 1 is 1.14 bits per heavy atom. The van der Waals surface area contributed by atoms with Gasteiger partial charge in [0.05, 0.1) is 23.3 Å². The molecule has 0 bridgehead atoms. The van der Waals surface area contributed by atoms with Crippen LogP contribution in [0.4, 0.5) is 13.2 Å². The molecule has 1 aliphatic heterocycles. The maximum absolute atomic E-state index is 13.1. The van der Waals surface area contributed by atoms with Crippen molar-refractivity contribution in [2.75, 3.05) is 6.54 Å². The molecule has 0 unspecified atom stereocenters. The molecule has 0 aliphatic carbocycles. The Kier molecular flexibility index (Phi) is 4.50. The minimum Gasteiger partial charge on any atom is -0.329 e. The molecule has 7 nitrogen and oxygen atoms in total. The van der Waals surface area contributed by atoms with Crippen molar-refractivity contribution in [2.24, 2.45) is 0 Å². The van der Waals surface area contributed by atoms with Gasteiger partial charge in [0.25, 0.3) is 5.91 Å². The lowest BCUT2D eigenvalue weighted by Crippen LogP contribution is -2.38. The second-order valence-electron chi connectivity index (χ2n) is 6.10. The predicted molar refractivity (Wildman–Crippen MR) is 92.2 cm³/mol. The highest BCUT2D eigenvalue weighted by Crippen LogP contribution is 2.35. The van der Waals surface area contributed by atoms with Gasteiger partial charge in [-0.25, -0.2) is 4.98 Å². The van der Waals surface area contributed by atoms with Gasteiger partial charge in [-0.1, -0.05) is 11.6 Å². The molecule has 0 spiro atoms. The lowest BCUT2D eigenvalue weighted by molar-refractivity contribution is -0.137. The van der Waals surface area contributed by atoms with Crippen molar-refractivity contribution in [3.05, 3.63) is 58.8 Å². The van der Waals surface area contributed by atoms with E-state index in [2.05, 4.69) is 20.2 Å². The molecule has 3 heterocycles. The Balaban J connectivity index is 1.59. The van der Waals surface area contributed by atoms with Crippen LogP contribution in [0.2, 0.25) is 5.02 Å². The van der Waals surface area contributed by atoms with Crippen LogP contribution in [-0.2, 0) is 19.3 Å². The number of hydrogen-bond acceptors (Lipinski definition) is 5. The summed E-state index contributed by atoms with van der Waals surface area (Å²) in [4.78, 5) is 22.3. The van der Waals surface area contributed by atoms with Gasteiger partial charge >= 0.3 is 6.18 Å². The lowest BCUT2D eigenvalue weighted by atomic mass is 10.1. The number of hydrogen-bond donors (Lipinski definition) is 0. The molecule has 0 radical (unpaired) electrons. The fourth-order valence-electron chi connectivity index (χ4n) is 2.99. The zero-order chi connectivity index (χ0) is 19.9. The maximum atomic E-state index is 13.1. The largest absolute Gasteiger partial charge is 0.417 e. The lowest BCUT2D eigenvalue weighted by Gasteiger charge is -2.28. The number of amides is 1. The quantitative estimate of drug-likeness (QED) is 0.651. The van der Waals surface area contributed by atoms with Crippen molar-refractivity contribution in [3.63, 3.8) is 0 Å². The van der Waals surface area contributed by atoms with Crippen LogP contribution in [0.15, 0.2) is 36.8 Å². The molecular weight excluding hydrogens is 397 g/mol. The van der Waals surface area contributed by atoms with E-state index in [1.54, 1.807) is 12.4 Å². The fraction of sp³-hybridized carbons (Fsp3) is 0.235. The van der Waals surface area contributed by atoms with Crippen LogP contribution in [0.3, 0.4) is 0 Å². The summed E-state index contributed by atoms with van der Waals surface area (Å²) >= 11 is 5.62. The molecule has 0 fully saturated rings. The smallest absolute Gasteiger partial charge is 0.329 e. The zero-order valence-corrected chi connectivity index (χ0v) is 14.9. The summed E-state index contributed by atoms with van der Waals surface area (Å²) in [7, 11) is 0. The van der Waals surface area contributed by atoms with Gasteiger partial charge in [-0.3, -0.25) is 9.78 Å². The van der Waals surface area contributed by atoms with E-state index < -0.39 is 22.7 Å². The minimum atomic E-state index is -4.64. The second-order valence-corrected chi connectivity index (χ2v) is 6.51. The minimum absolute atomic E-state index is 0.0844. The highest BCUT2D eigenvalue weighted by molar-refractivity contribution is 6.31. The molecule has 1 aliphatic rings. The van der Waals surface area contributed by atoms with Crippen LogP contribution in [0.25, 0.3) is 11.5 Å². The molecule has 144 valence electrons. The molecule has 0 saturated heterocycles. The van der Waals surface area contributed by atoms with Crippen molar-refractivity contribution in [1.82, 2.24) is 29.6 Å². The Hall–Kier alpha value is -3.01. The summed E-state index contributed by atoms with van der Waals surface area (Å²) in [5, 5.41) is 7.73. The van der Waals surface area contributed by atoms with Crippen molar-refractivity contribution < 1.29 is 18.0 Å². The van der Waals surface area contributed by atoms with Crippen molar-refractivity contribution >= 4 is 17.5 Å². The van der Waals surface area contributed by atoms with E-state index in [-0.39, 0.29) is 12.1 Å². The number of rotatable bonds is 2. The van der Waals surface area contributed by atoms with E-state index in [1.807, 2.05) is 4.57 Å². The third-order valence-corrected chi connectivity index (χ3v) is 4.68. The SMILES string of the molecule is O=C(c1ccc(Cl)c(C(F)(F)F)c1)N1CCn2c(nnc2-c2cnccn2)C1. The van der Waals surface area contributed by atoms with Gasteiger partial charge in [-0.2, -0.15) is 13.2 Å². The number of aromatic nitrogens is 5. The summed E-state index contributed by atoms with van der Waals surface area (Å²) < 4.78 is 41.0.